The van der Waals surface area contributed by atoms with Gasteiger partial charge in [-0.3, -0.25) is 14.3 Å². The number of hydrogen-bond donors (Lipinski definition) is 2. The van der Waals surface area contributed by atoms with E-state index in [9.17, 15) is 31.5 Å². The second-order valence-corrected chi connectivity index (χ2v) is 7.07. The second kappa shape index (κ2) is 9.00. The van der Waals surface area contributed by atoms with Gasteiger partial charge in [0.1, 0.15) is 6.54 Å². The molecule has 0 saturated heterocycles. The lowest BCUT2D eigenvalue weighted by atomic mass is 10.0. The lowest BCUT2D eigenvalue weighted by Crippen LogP contribution is -2.18. The maximum Gasteiger partial charge on any atom is 0.435 e. The van der Waals surface area contributed by atoms with Gasteiger partial charge in [-0.05, 0) is 30.2 Å². The molecule has 2 heterocycles. The summed E-state index contributed by atoms with van der Waals surface area (Å²) < 4.78 is 67.2. The highest BCUT2D eigenvalue weighted by atomic mass is 19.4. The molecule has 0 saturated carbocycles. The Morgan fingerprint density at radius 3 is 2.52 bits per heavy atom. The topological polar surface area (TPSA) is 108 Å². The smallest absolute Gasteiger partial charge is 0.366 e. The molecule has 2 aromatic heterocycles. The van der Waals surface area contributed by atoms with Gasteiger partial charge < -0.3 is 15.6 Å². The van der Waals surface area contributed by atoms with Crippen molar-refractivity contribution < 1.29 is 31.5 Å². The summed E-state index contributed by atoms with van der Waals surface area (Å²) in [6, 6.07) is 4.46. The number of benzene rings is 1. The van der Waals surface area contributed by atoms with Gasteiger partial charge >= 0.3 is 6.18 Å². The number of carbonyl (C=O) groups excluding carboxylic acids is 2. The number of alkyl halides is 5. The first-order chi connectivity index (χ1) is 15.4. The maximum atomic E-state index is 13.4. The molecule has 0 bridgehead atoms. The molecule has 0 spiro atoms. The molecule has 33 heavy (non-hydrogen) atoms. The number of aryl methyl sites for hydroxylation is 1. The van der Waals surface area contributed by atoms with Gasteiger partial charge in [0, 0.05) is 24.5 Å². The van der Waals surface area contributed by atoms with Gasteiger partial charge in [-0.1, -0.05) is 6.92 Å². The Hall–Kier alpha value is -3.77. The Labute approximate surface area is 184 Å². The minimum Gasteiger partial charge on any atom is -0.366 e. The van der Waals surface area contributed by atoms with Gasteiger partial charge in [-0.2, -0.15) is 18.3 Å². The Bertz CT molecular complexity index is 1200. The summed E-state index contributed by atoms with van der Waals surface area (Å²) in [7, 11) is 1.31. The first-order valence-electron chi connectivity index (χ1n) is 9.61. The van der Waals surface area contributed by atoms with E-state index in [4.69, 9.17) is 5.73 Å². The molecular weight excluding hydrogens is 451 g/mol. The SMILES string of the molecule is CCc1cc(NC(=O)c2ncc(-c3cn(CC(F)F)nc3C(F)(F)F)n2C)ccc1C(N)=O. The van der Waals surface area contributed by atoms with E-state index < -0.39 is 42.2 Å². The number of aromatic nitrogens is 4. The Kier molecular flexibility index (Phi) is 6.51. The van der Waals surface area contributed by atoms with Gasteiger partial charge in [0.15, 0.2) is 11.5 Å². The number of amides is 2. The Morgan fingerprint density at radius 2 is 1.94 bits per heavy atom. The molecular formula is C20H19F5N6O2. The van der Waals surface area contributed by atoms with Crippen LogP contribution in [0.2, 0.25) is 0 Å². The van der Waals surface area contributed by atoms with Crippen molar-refractivity contribution in [1.29, 1.82) is 0 Å². The van der Waals surface area contributed by atoms with E-state index in [0.29, 0.717) is 27.9 Å². The van der Waals surface area contributed by atoms with Crippen LogP contribution < -0.4 is 11.1 Å². The van der Waals surface area contributed by atoms with Crippen molar-refractivity contribution in [3.8, 4) is 11.3 Å². The molecule has 0 atom stereocenters. The summed E-state index contributed by atoms with van der Waals surface area (Å²) in [4.78, 5) is 28.1. The van der Waals surface area contributed by atoms with Crippen molar-refractivity contribution in [2.45, 2.75) is 32.5 Å². The summed E-state index contributed by atoms with van der Waals surface area (Å²) in [5.74, 6) is -1.57. The number of nitrogens with zero attached hydrogens (tertiary/aromatic N) is 4. The van der Waals surface area contributed by atoms with E-state index in [1.165, 1.54) is 19.2 Å². The van der Waals surface area contributed by atoms with Crippen molar-refractivity contribution in [2.75, 3.05) is 5.32 Å². The van der Waals surface area contributed by atoms with Gasteiger partial charge in [-0.15, -0.1) is 0 Å². The van der Waals surface area contributed by atoms with E-state index in [1.54, 1.807) is 13.0 Å². The molecule has 0 radical (unpaired) electrons. The molecule has 8 nitrogen and oxygen atoms in total. The highest BCUT2D eigenvalue weighted by Gasteiger charge is 2.38. The van der Waals surface area contributed by atoms with Gasteiger partial charge in [0.2, 0.25) is 5.91 Å². The van der Waals surface area contributed by atoms with Crippen molar-refractivity contribution >= 4 is 17.5 Å². The molecule has 176 valence electrons. The number of imidazole rings is 1. The number of hydrogen-bond acceptors (Lipinski definition) is 4. The van der Waals surface area contributed by atoms with Crippen LogP contribution in [0, 0.1) is 0 Å². The first-order valence-corrected chi connectivity index (χ1v) is 9.61. The van der Waals surface area contributed by atoms with Crippen LogP contribution in [0.4, 0.5) is 27.6 Å². The maximum absolute atomic E-state index is 13.4. The number of nitrogens with two attached hydrogens (primary N) is 1. The minimum absolute atomic E-state index is 0.133. The van der Waals surface area contributed by atoms with E-state index >= 15 is 0 Å². The first kappa shape index (κ1) is 23.9. The van der Waals surface area contributed by atoms with Crippen LogP contribution in [-0.2, 0) is 26.2 Å². The predicted molar refractivity (Wildman–Crippen MR) is 108 cm³/mol. The van der Waals surface area contributed by atoms with Crippen LogP contribution in [0.3, 0.4) is 0 Å². The fraction of sp³-hybridized carbons (Fsp3) is 0.300. The molecule has 0 unspecified atom stereocenters. The number of rotatable bonds is 7. The van der Waals surface area contributed by atoms with E-state index in [0.717, 1.165) is 17.0 Å². The fourth-order valence-corrected chi connectivity index (χ4v) is 3.32. The lowest BCUT2D eigenvalue weighted by Gasteiger charge is -2.10. The molecule has 0 aliphatic rings. The van der Waals surface area contributed by atoms with Crippen LogP contribution in [0.15, 0.2) is 30.6 Å². The van der Waals surface area contributed by atoms with Crippen molar-refractivity contribution in [1.82, 2.24) is 19.3 Å². The summed E-state index contributed by atoms with van der Waals surface area (Å²) in [5.41, 5.74) is 4.55. The van der Waals surface area contributed by atoms with Gasteiger partial charge in [0.05, 0.1) is 17.5 Å². The lowest BCUT2D eigenvalue weighted by molar-refractivity contribution is -0.141. The highest BCUT2D eigenvalue weighted by Crippen LogP contribution is 2.36. The highest BCUT2D eigenvalue weighted by molar-refractivity contribution is 6.03. The Morgan fingerprint density at radius 1 is 1.24 bits per heavy atom. The molecule has 0 aliphatic heterocycles. The zero-order valence-electron chi connectivity index (χ0n) is 17.5. The Balaban J connectivity index is 1.94. The molecule has 13 heteroatoms. The normalized spacial score (nSPS) is 11.8. The third kappa shape index (κ3) is 5.02. The number of nitrogens with one attached hydrogen (secondary N) is 1. The van der Waals surface area contributed by atoms with E-state index in [-0.39, 0.29) is 11.5 Å². The zero-order valence-corrected chi connectivity index (χ0v) is 17.5. The molecule has 0 aliphatic carbocycles. The van der Waals surface area contributed by atoms with Crippen LogP contribution in [0.5, 0.6) is 0 Å². The summed E-state index contributed by atoms with van der Waals surface area (Å²) in [5, 5.41) is 5.80. The molecule has 3 aromatic rings. The molecule has 2 amide bonds. The molecule has 3 rings (SSSR count). The predicted octanol–water partition coefficient (Wildman–Crippen LogP) is 3.48. The molecule has 3 N–H and O–H groups in total. The van der Waals surface area contributed by atoms with Crippen molar-refractivity contribution in [3.05, 3.63) is 53.2 Å². The summed E-state index contributed by atoms with van der Waals surface area (Å²) in [6.07, 6.45) is -5.47. The summed E-state index contributed by atoms with van der Waals surface area (Å²) >= 11 is 0. The van der Waals surface area contributed by atoms with Crippen LogP contribution >= 0.6 is 0 Å². The van der Waals surface area contributed by atoms with Crippen LogP contribution in [0.25, 0.3) is 11.3 Å². The molecule has 0 fully saturated rings. The largest absolute Gasteiger partial charge is 0.435 e. The van der Waals surface area contributed by atoms with Gasteiger partial charge in [-0.25, -0.2) is 13.8 Å². The zero-order chi connectivity index (χ0) is 24.5. The number of anilines is 1. The van der Waals surface area contributed by atoms with Gasteiger partial charge in [0.25, 0.3) is 12.3 Å². The average Bonchev–Trinajstić information content (AvgIpc) is 3.30. The number of halogens is 5. The van der Waals surface area contributed by atoms with E-state index in [1.807, 2.05) is 0 Å². The van der Waals surface area contributed by atoms with Crippen LogP contribution in [0.1, 0.15) is 39.2 Å². The molecule has 1 aromatic carbocycles. The third-order valence-corrected chi connectivity index (χ3v) is 4.83. The standard InChI is InChI=1S/C20H19F5N6O2/c1-3-10-6-11(4-5-12(10)17(26)32)28-19(33)18-27-7-14(30(18)2)13-8-31(9-15(21)22)29-16(13)20(23,24)25/h4-8,15H,3,9H2,1-2H3,(H2,26,32)(H,28,33). The number of carbonyl (C=O) groups is 2. The second-order valence-electron chi connectivity index (χ2n) is 7.07. The summed E-state index contributed by atoms with van der Waals surface area (Å²) in [6.45, 7) is 0.778. The minimum atomic E-state index is -4.91. The fourth-order valence-electron chi connectivity index (χ4n) is 3.32. The van der Waals surface area contributed by atoms with Crippen LogP contribution in [-0.4, -0.2) is 37.6 Å². The van der Waals surface area contributed by atoms with Crippen molar-refractivity contribution in [2.24, 2.45) is 12.8 Å². The monoisotopic (exact) mass is 470 g/mol. The quantitative estimate of drug-likeness (QED) is 0.516. The number of primary amides is 1. The van der Waals surface area contributed by atoms with E-state index in [2.05, 4.69) is 15.4 Å². The van der Waals surface area contributed by atoms with Crippen molar-refractivity contribution in [3.63, 3.8) is 0 Å². The average molecular weight is 470 g/mol. The third-order valence-electron chi connectivity index (χ3n) is 4.83.